The molecule has 0 unspecified atom stereocenters. The number of hydrogen-bond acceptors (Lipinski definition) is 3. The Morgan fingerprint density at radius 2 is 2.33 bits per heavy atom. The minimum Gasteiger partial charge on any atom is -0.469 e. The SMILES string of the molecule is CCc1occc1C(=O)N(CC)CC#N. The van der Waals surface area contributed by atoms with Crippen molar-refractivity contribution in [2.75, 3.05) is 13.1 Å². The van der Waals surface area contributed by atoms with Crippen LogP contribution in [0.2, 0.25) is 0 Å². The van der Waals surface area contributed by atoms with E-state index in [0.29, 0.717) is 24.3 Å². The first kappa shape index (κ1) is 11.3. The molecule has 1 aromatic rings. The maximum absolute atomic E-state index is 11.9. The number of aryl methyl sites for hydroxylation is 1. The second-order valence-corrected chi connectivity index (χ2v) is 3.09. The zero-order chi connectivity index (χ0) is 11.3. The van der Waals surface area contributed by atoms with Crippen LogP contribution in [-0.2, 0) is 6.42 Å². The fourth-order valence-electron chi connectivity index (χ4n) is 1.39. The summed E-state index contributed by atoms with van der Waals surface area (Å²) >= 11 is 0. The molecular formula is C11H14N2O2. The van der Waals surface area contributed by atoms with Crippen LogP contribution in [0.1, 0.15) is 30.0 Å². The zero-order valence-electron chi connectivity index (χ0n) is 8.99. The summed E-state index contributed by atoms with van der Waals surface area (Å²) in [5.74, 6) is 0.543. The molecule has 15 heavy (non-hydrogen) atoms. The summed E-state index contributed by atoms with van der Waals surface area (Å²) in [6, 6.07) is 3.63. The summed E-state index contributed by atoms with van der Waals surface area (Å²) in [4.78, 5) is 13.4. The molecule has 0 aliphatic rings. The third-order valence-electron chi connectivity index (χ3n) is 2.23. The van der Waals surface area contributed by atoms with Crippen LogP contribution in [0, 0.1) is 11.3 Å². The number of rotatable bonds is 4. The van der Waals surface area contributed by atoms with Crippen molar-refractivity contribution < 1.29 is 9.21 Å². The van der Waals surface area contributed by atoms with Gasteiger partial charge in [0.2, 0.25) is 0 Å². The van der Waals surface area contributed by atoms with Gasteiger partial charge in [-0.05, 0) is 13.0 Å². The highest BCUT2D eigenvalue weighted by Gasteiger charge is 2.18. The van der Waals surface area contributed by atoms with Gasteiger partial charge in [-0.2, -0.15) is 5.26 Å². The van der Waals surface area contributed by atoms with Gasteiger partial charge in [-0.15, -0.1) is 0 Å². The van der Waals surface area contributed by atoms with Crippen molar-refractivity contribution >= 4 is 5.91 Å². The molecule has 0 bridgehead atoms. The number of nitriles is 1. The van der Waals surface area contributed by atoms with E-state index in [-0.39, 0.29) is 12.5 Å². The Kier molecular flexibility index (Phi) is 3.92. The van der Waals surface area contributed by atoms with Gasteiger partial charge in [0.1, 0.15) is 12.3 Å². The summed E-state index contributed by atoms with van der Waals surface area (Å²) in [5.41, 5.74) is 0.564. The van der Waals surface area contributed by atoms with E-state index in [1.54, 1.807) is 6.07 Å². The van der Waals surface area contributed by atoms with E-state index in [4.69, 9.17) is 9.68 Å². The van der Waals surface area contributed by atoms with Gasteiger partial charge in [0.15, 0.2) is 0 Å². The lowest BCUT2D eigenvalue weighted by atomic mass is 10.2. The van der Waals surface area contributed by atoms with Crippen molar-refractivity contribution in [3.8, 4) is 6.07 Å². The maximum atomic E-state index is 11.9. The average molecular weight is 206 g/mol. The number of nitrogens with zero attached hydrogens (tertiary/aromatic N) is 2. The molecule has 1 heterocycles. The molecule has 0 aliphatic heterocycles. The molecule has 0 saturated heterocycles. The van der Waals surface area contributed by atoms with Crippen molar-refractivity contribution in [1.82, 2.24) is 4.90 Å². The predicted molar refractivity (Wildman–Crippen MR) is 55.3 cm³/mol. The summed E-state index contributed by atoms with van der Waals surface area (Å²) in [5, 5.41) is 8.57. The Bertz CT molecular complexity index is 376. The van der Waals surface area contributed by atoms with Crippen LogP contribution >= 0.6 is 0 Å². The van der Waals surface area contributed by atoms with E-state index < -0.39 is 0 Å². The highest BCUT2D eigenvalue weighted by Crippen LogP contribution is 2.13. The van der Waals surface area contributed by atoms with Crippen molar-refractivity contribution in [3.05, 3.63) is 23.7 Å². The number of carbonyl (C=O) groups is 1. The Hall–Kier alpha value is -1.76. The van der Waals surface area contributed by atoms with E-state index in [1.165, 1.54) is 11.2 Å². The van der Waals surface area contributed by atoms with Gasteiger partial charge in [0.05, 0.1) is 17.9 Å². The van der Waals surface area contributed by atoms with Gasteiger partial charge in [-0.3, -0.25) is 4.79 Å². The first-order valence-corrected chi connectivity index (χ1v) is 4.97. The first-order valence-electron chi connectivity index (χ1n) is 4.97. The Morgan fingerprint density at radius 3 is 2.87 bits per heavy atom. The van der Waals surface area contributed by atoms with Gasteiger partial charge in [-0.1, -0.05) is 6.92 Å². The fourth-order valence-corrected chi connectivity index (χ4v) is 1.39. The van der Waals surface area contributed by atoms with E-state index in [2.05, 4.69) is 0 Å². The molecule has 0 saturated carbocycles. The van der Waals surface area contributed by atoms with E-state index in [9.17, 15) is 4.79 Å². The van der Waals surface area contributed by atoms with Gasteiger partial charge >= 0.3 is 0 Å². The maximum Gasteiger partial charge on any atom is 0.258 e. The number of carbonyl (C=O) groups excluding carboxylic acids is 1. The lowest BCUT2D eigenvalue weighted by Gasteiger charge is -2.16. The van der Waals surface area contributed by atoms with Crippen LogP contribution in [0.3, 0.4) is 0 Å². The summed E-state index contributed by atoms with van der Waals surface area (Å²) < 4.78 is 5.18. The number of hydrogen-bond donors (Lipinski definition) is 0. The molecule has 0 radical (unpaired) electrons. The van der Waals surface area contributed by atoms with Gasteiger partial charge < -0.3 is 9.32 Å². The topological polar surface area (TPSA) is 57.2 Å². The lowest BCUT2D eigenvalue weighted by molar-refractivity contribution is 0.0782. The quantitative estimate of drug-likeness (QED) is 0.706. The summed E-state index contributed by atoms with van der Waals surface area (Å²) in [7, 11) is 0. The second kappa shape index (κ2) is 5.20. The molecule has 0 atom stereocenters. The Balaban J connectivity index is 2.88. The smallest absolute Gasteiger partial charge is 0.258 e. The zero-order valence-corrected chi connectivity index (χ0v) is 8.99. The molecule has 1 aromatic heterocycles. The number of furan rings is 1. The molecule has 0 aliphatic carbocycles. The highest BCUT2D eigenvalue weighted by atomic mass is 16.3. The molecule has 4 heteroatoms. The third-order valence-corrected chi connectivity index (χ3v) is 2.23. The van der Waals surface area contributed by atoms with Crippen molar-refractivity contribution in [1.29, 1.82) is 5.26 Å². The Morgan fingerprint density at radius 1 is 1.60 bits per heavy atom. The van der Waals surface area contributed by atoms with Crippen LogP contribution in [0.4, 0.5) is 0 Å². The van der Waals surface area contributed by atoms with E-state index in [0.717, 1.165) is 0 Å². The molecule has 0 aromatic carbocycles. The predicted octanol–water partition coefficient (Wildman–Crippen LogP) is 1.83. The number of amides is 1. The molecule has 0 spiro atoms. The molecule has 4 nitrogen and oxygen atoms in total. The second-order valence-electron chi connectivity index (χ2n) is 3.09. The highest BCUT2D eigenvalue weighted by molar-refractivity contribution is 5.95. The normalized spacial score (nSPS) is 9.67. The van der Waals surface area contributed by atoms with Crippen LogP contribution in [0.5, 0.6) is 0 Å². The first-order chi connectivity index (χ1) is 7.24. The molecular weight excluding hydrogens is 192 g/mol. The van der Waals surface area contributed by atoms with Crippen molar-refractivity contribution in [2.45, 2.75) is 20.3 Å². The van der Waals surface area contributed by atoms with Crippen LogP contribution < -0.4 is 0 Å². The molecule has 0 N–H and O–H groups in total. The van der Waals surface area contributed by atoms with Gasteiger partial charge in [-0.25, -0.2) is 0 Å². The van der Waals surface area contributed by atoms with Crippen molar-refractivity contribution in [3.63, 3.8) is 0 Å². The fraction of sp³-hybridized carbons (Fsp3) is 0.455. The van der Waals surface area contributed by atoms with Crippen molar-refractivity contribution in [2.24, 2.45) is 0 Å². The molecule has 1 amide bonds. The van der Waals surface area contributed by atoms with Crippen LogP contribution in [0.25, 0.3) is 0 Å². The van der Waals surface area contributed by atoms with Gasteiger partial charge in [0, 0.05) is 13.0 Å². The van der Waals surface area contributed by atoms with E-state index >= 15 is 0 Å². The summed E-state index contributed by atoms with van der Waals surface area (Å²) in [6.07, 6.45) is 2.18. The molecule has 0 fully saturated rings. The largest absolute Gasteiger partial charge is 0.469 e. The summed E-state index contributed by atoms with van der Waals surface area (Å²) in [6.45, 7) is 4.42. The lowest BCUT2D eigenvalue weighted by Crippen LogP contribution is -2.31. The van der Waals surface area contributed by atoms with Gasteiger partial charge in [0.25, 0.3) is 5.91 Å². The minimum atomic E-state index is -0.135. The third kappa shape index (κ3) is 2.38. The van der Waals surface area contributed by atoms with E-state index in [1.807, 2.05) is 19.9 Å². The standard InChI is InChI=1S/C11H14N2O2/c1-3-10-9(5-8-15-10)11(14)13(4-2)7-6-12/h5,8H,3-4,7H2,1-2H3. The molecule has 1 rings (SSSR count). The van der Waals surface area contributed by atoms with Crippen LogP contribution in [-0.4, -0.2) is 23.9 Å². The average Bonchev–Trinajstić information content (AvgIpc) is 2.72. The molecule has 80 valence electrons. The van der Waals surface area contributed by atoms with Crippen LogP contribution in [0.15, 0.2) is 16.7 Å². The minimum absolute atomic E-state index is 0.115. The monoisotopic (exact) mass is 206 g/mol. The Labute approximate surface area is 89.1 Å².